The minimum Gasteiger partial charge on any atom is -0.504 e. The Morgan fingerprint density at radius 1 is 1.43 bits per heavy atom. The number of benzene rings is 1. The molecule has 1 aromatic rings. The van der Waals surface area contributed by atoms with E-state index < -0.39 is 0 Å². The molecular weight excluding hydrogens is 204 g/mol. The number of hydrogen-bond donors (Lipinski definition) is 1. The molecule has 14 heavy (non-hydrogen) atoms. The summed E-state index contributed by atoms with van der Waals surface area (Å²) in [6.45, 7) is 4.06. The van der Waals surface area contributed by atoms with Crippen LogP contribution in [0.5, 0.6) is 17.2 Å². The molecule has 1 heterocycles. The average molecular weight is 215 g/mol. The Hall–Kier alpha value is -1.09. The molecule has 0 saturated carbocycles. The molecule has 1 aliphatic rings. The van der Waals surface area contributed by atoms with E-state index in [1.807, 2.05) is 13.8 Å². The van der Waals surface area contributed by atoms with Crippen LogP contribution in [0.15, 0.2) is 6.07 Å². The van der Waals surface area contributed by atoms with Crippen molar-refractivity contribution in [1.82, 2.24) is 0 Å². The van der Waals surface area contributed by atoms with Crippen molar-refractivity contribution in [3.8, 4) is 17.2 Å². The molecule has 3 nitrogen and oxygen atoms in total. The van der Waals surface area contributed by atoms with Crippen molar-refractivity contribution < 1.29 is 14.6 Å². The van der Waals surface area contributed by atoms with Crippen molar-refractivity contribution in [2.45, 2.75) is 19.8 Å². The summed E-state index contributed by atoms with van der Waals surface area (Å²) in [4.78, 5) is 0. The quantitative estimate of drug-likeness (QED) is 0.781. The van der Waals surface area contributed by atoms with Crippen LogP contribution >= 0.6 is 11.6 Å². The maximum atomic E-state index is 9.87. The highest BCUT2D eigenvalue weighted by Gasteiger charge is 2.24. The van der Waals surface area contributed by atoms with E-state index in [1.54, 1.807) is 6.07 Å². The van der Waals surface area contributed by atoms with Crippen LogP contribution < -0.4 is 9.47 Å². The zero-order valence-electron chi connectivity index (χ0n) is 8.00. The van der Waals surface area contributed by atoms with Gasteiger partial charge in [0.25, 0.3) is 0 Å². The van der Waals surface area contributed by atoms with Gasteiger partial charge in [0.2, 0.25) is 12.5 Å². The second-order valence-corrected chi connectivity index (χ2v) is 3.92. The molecule has 4 heteroatoms. The fourth-order valence-corrected chi connectivity index (χ4v) is 1.97. The molecule has 0 amide bonds. The Morgan fingerprint density at radius 2 is 2.14 bits per heavy atom. The highest BCUT2D eigenvalue weighted by Crippen LogP contribution is 2.48. The Bertz CT molecular complexity index is 374. The first-order valence-electron chi connectivity index (χ1n) is 4.42. The highest BCUT2D eigenvalue weighted by atomic mass is 35.5. The van der Waals surface area contributed by atoms with Gasteiger partial charge in [-0.05, 0) is 5.92 Å². The summed E-state index contributed by atoms with van der Waals surface area (Å²) in [7, 11) is 0. The van der Waals surface area contributed by atoms with Gasteiger partial charge in [-0.2, -0.15) is 0 Å². The summed E-state index contributed by atoms with van der Waals surface area (Å²) in [5.74, 6) is 1.16. The molecule has 1 aliphatic heterocycles. The summed E-state index contributed by atoms with van der Waals surface area (Å²) in [6, 6.07) is 1.68. The molecule has 0 unspecified atom stereocenters. The van der Waals surface area contributed by atoms with Crippen molar-refractivity contribution >= 4 is 11.6 Å². The predicted molar refractivity (Wildman–Crippen MR) is 53.3 cm³/mol. The largest absolute Gasteiger partial charge is 0.504 e. The van der Waals surface area contributed by atoms with Gasteiger partial charge in [-0.15, -0.1) is 0 Å². The van der Waals surface area contributed by atoms with Crippen LogP contribution in [-0.2, 0) is 0 Å². The van der Waals surface area contributed by atoms with Crippen LogP contribution in [0.3, 0.4) is 0 Å². The third kappa shape index (κ3) is 1.28. The van der Waals surface area contributed by atoms with Crippen LogP contribution in [0.1, 0.15) is 25.3 Å². The summed E-state index contributed by atoms with van der Waals surface area (Å²) in [5, 5.41) is 10.4. The first kappa shape index (κ1) is 9.46. The second kappa shape index (κ2) is 3.24. The Kier molecular flexibility index (Phi) is 2.19. The van der Waals surface area contributed by atoms with Crippen LogP contribution in [0, 0.1) is 0 Å². The van der Waals surface area contributed by atoms with Gasteiger partial charge < -0.3 is 14.6 Å². The summed E-state index contributed by atoms with van der Waals surface area (Å²) in [6.07, 6.45) is 0. The molecule has 2 rings (SSSR count). The summed E-state index contributed by atoms with van der Waals surface area (Å²) in [5.41, 5.74) is 0.705. The van der Waals surface area contributed by atoms with Gasteiger partial charge in [-0.1, -0.05) is 25.4 Å². The monoisotopic (exact) mass is 214 g/mol. The van der Waals surface area contributed by atoms with Crippen LogP contribution in [0.2, 0.25) is 5.02 Å². The van der Waals surface area contributed by atoms with E-state index in [4.69, 9.17) is 21.1 Å². The summed E-state index contributed by atoms with van der Waals surface area (Å²) >= 11 is 6.01. The minimum absolute atomic E-state index is 0.0972. The number of phenolic OH excluding ortho intramolecular Hbond substituents is 1. The number of hydrogen-bond acceptors (Lipinski definition) is 3. The van der Waals surface area contributed by atoms with Crippen molar-refractivity contribution in [3.05, 3.63) is 16.7 Å². The third-order valence-corrected chi connectivity index (χ3v) is 2.52. The number of aromatic hydroxyl groups is 1. The molecule has 0 radical (unpaired) electrons. The molecular formula is C10H11ClO3. The second-order valence-electron chi connectivity index (χ2n) is 3.51. The number of halogens is 1. The summed E-state index contributed by atoms with van der Waals surface area (Å²) < 4.78 is 10.3. The molecule has 0 aliphatic carbocycles. The fraction of sp³-hybridized carbons (Fsp3) is 0.400. The van der Waals surface area contributed by atoms with Crippen LogP contribution in [0.25, 0.3) is 0 Å². The Balaban J connectivity index is 2.62. The van der Waals surface area contributed by atoms with Crippen molar-refractivity contribution in [2.24, 2.45) is 0 Å². The molecule has 1 aromatic carbocycles. The van der Waals surface area contributed by atoms with E-state index in [0.717, 1.165) is 0 Å². The fourth-order valence-electron chi connectivity index (χ4n) is 1.56. The zero-order valence-corrected chi connectivity index (χ0v) is 8.76. The van der Waals surface area contributed by atoms with Crippen LogP contribution in [-0.4, -0.2) is 11.9 Å². The molecule has 0 bridgehead atoms. The van der Waals surface area contributed by atoms with Crippen molar-refractivity contribution in [1.29, 1.82) is 0 Å². The van der Waals surface area contributed by atoms with Crippen molar-refractivity contribution in [2.75, 3.05) is 6.79 Å². The van der Waals surface area contributed by atoms with E-state index in [1.165, 1.54) is 0 Å². The maximum Gasteiger partial charge on any atom is 0.231 e. The molecule has 0 saturated heterocycles. The van der Waals surface area contributed by atoms with E-state index in [0.29, 0.717) is 22.1 Å². The molecule has 0 fully saturated rings. The smallest absolute Gasteiger partial charge is 0.231 e. The normalized spacial score (nSPS) is 13.7. The minimum atomic E-state index is 0.0972. The predicted octanol–water partition coefficient (Wildman–Crippen LogP) is 2.90. The molecule has 1 N–H and O–H groups in total. The van der Waals surface area contributed by atoms with Crippen molar-refractivity contribution in [3.63, 3.8) is 0 Å². The average Bonchev–Trinajstić information content (AvgIpc) is 2.50. The van der Waals surface area contributed by atoms with Crippen LogP contribution in [0.4, 0.5) is 0 Å². The van der Waals surface area contributed by atoms with Gasteiger partial charge in [-0.3, -0.25) is 0 Å². The first-order chi connectivity index (χ1) is 6.61. The van der Waals surface area contributed by atoms with Gasteiger partial charge >= 0.3 is 0 Å². The third-order valence-electron chi connectivity index (χ3n) is 2.20. The maximum absolute atomic E-state index is 9.87. The lowest BCUT2D eigenvalue weighted by Crippen LogP contribution is -1.93. The lowest BCUT2D eigenvalue weighted by molar-refractivity contribution is 0.171. The number of fused-ring (bicyclic) bond motifs is 1. The van der Waals surface area contributed by atoms with Gasteiger partial charge in [0.1, 0.15) is 0 Å². The van der Waals surface area contributed by atoms with Gasteiger partial charge in [-0.25, -0.2) is 0 Å². The van der Waals surface area contributed by atoms with E-state index >= 15 is 0 Å². The lowest BCUT2D eigenvalue weighted by atomic mass is 10.0. The Labute approximate surface area is 87.2 Å². The zero-order chi connectivity index (χ0) is 10.3. The number of ether oxygens (including phenoxy) is 2. The SMILES string of the molecule is CC(C)c1c(Cl)cc2c(c1O)OCO2. The van der Waals surface area contributed by atoms with E-state index in [2.05, 4.69) is 0 Å². The highest BCUT2D eigenvalue weighted by molar-refractivity contribution is 6.32. The number of phenols is 1. The molecule has 0 atom stereocenters. The van der Waals surface area contributed by atoms with Gasteiger partial charge in [0, 0.05) is 11.6 Å². The first-order valence-corrected chi connectivity index (χ1v) is 4.80. The lowest BCUT2D eigenvalue weighted by Gasteiger charge is -2.12. The van der Waals surface area contributed by atoms with E-state index in [-0.39, 0.29) is 18.5 Å². The van der Waals surface area contributed by atoms with E-state index in [9.17, 15) is 5.11 Å². The molecule has 0 spiro atoms. The topological polar surface area (TPSA) is 38.7 Å². The molecule has 76 valence electrons. The Morgan fingerprint density at radius 3 is 2.79 bits per heavy atom. The molecule has 0 aromatic heterocycles. The van der Waals surface area contributed by atoms with Gasteiger partial charge in [0.15, 0.2) is 11.5 Å². The standard InChI is InChI=1S/C10H11ClO3/c1-5(2)8-6(11)3-7-10(9(8)12)14-4-13-7/h3,5,12H,4H2,1-2H3. The van der Waals surface area contributed by atoms with Gasteiger partial charge in [0.05, 0.1) is 5.02 Å². The number of rotatable bonds is 1.